The summed E-state index contributed by atoms with van der Waals surface area (Å²) in [6.07, 6.45) is 0.443. The van der Waals surface area contributed by atoms with Crippen molar-refractivity contribution in [1.29, 1.82) is 0 Å². The van der Waals surface area contributed by atoms with Gasteiger partial charge in [-0.2, -0.15) is 0 Å². The lowest BCUT2D eigenvalue weighted by Gasteiger charge is -2.18. The first-order chi connectivity index (χ1) is 8.01. The van der Waals surface area contributed by atoms with E-state index in [2.05, 4.69) is 10.1 Å². The van der Waals surface area contributed by atoms with Crippen molar-refractivity contribution in [3.05, 3.63) is 23.0 Å². The molecule has 0 aliphatic carbocycles. The minimum Gasteiger partial charge on any atom is -0.467 e. The van der Waals surface area contributed by atoms with Gasteiger partial charge in [0, 0.05) is 0 Å². The molecular formula is C11H14ClFN2O2. The molecule has 0 saturated heterocycles. The molecule has 1 unspecified atom stereocenters. The van der Waals surface area contributed by atoms with Gasteiger partial charge >= 0.3 is 5.97 Å². The molecule has 0 bridgehead atoms. The number of rotatable bonds is 4. The molecule has 1 atom stereocenters. The van der Waals surface area contributed by atoms with Crippen LogP contribution in [0.5, 0.6) is 0 Å². The Morgan fingerprint density at radius 1 is 1.65 bits per heavy atom. The van der Waals surface area contributed by atoms with Crippen LogP contribution in [0.2, 0.25) is 5.02 Å². The largest absolute Gasteiger partial charge is 0.467 e. The Morgan fingerprint density at radius 3 is 2.82 bits per heavy atom. The summed E-state index contributed by atoms with van der Waals surface area (Å²) in [6, 6.07) is 2.17. The van der Waals surface area contributed by atoms with Gasteiger partial charge in [-0.3, -0.25) is 0 Å². The Bertz CT molecular complexity index is 426. The molecule has 0 spiro atoms. The summed E-state index contributed by atoms with van der Waals surface area (Å²) in [4.78, 5) is 11.4. The van der Waals surface area contributed by atoms with Crippen LogP contribution in [-0.4, -0.2) is 19.1 Å². The van der Waals surface area contributed by atoms with Gasteiger partial charge in [0.25, 0.3) is 0 Å². The van der Waals surface area contributed by atoms with E-state index in [9.17, 15) is 9.18 Å². The monoisotopic (exact) mass is 260 g/mol. The highest BCUT2D eigenvalue weighted by molar-refractivity contribution is 6.31. The van der Waals surface area contributed by atoms with Gasteiger partial charge in [0.15, 0.2) is 5.82 Å². The van der Waals surface area contributed by atoms with Crippen LogP contribution in [0.15, 0.2) is 12.1 Å². The fourth-order valence-electron chi connectivity index (χ4n) is 1.36. The maximum absolute atomic E-state index is 13.7. The predicted molar refractivity (Wildman–Crippen MR) is 65.5 cm³/mol. The maximum Gasteiger partial charge on any atom is 0.328 e. The molecule has 0 aliphatic heterocycles. The first kappa shape index (κ1) is 13.6. The van der Waals surface area contributed by atoms with Gasteiger partial charge in [0.2, 0.25) is 0 Å². The van der Waals surface area contributed by atoms with E-state index in [1.807, 2.05) is 0 Å². The van der Waals surface area contributed by atoms with Crippen molar-refractivity contribution >= 4 is 28.9 Å². The normalized spacial score (nSPS) is 12.0. The molecule has 1 aromatic rings. The molecule has 94 valence electrons. The lowest BCUT2D eigenvalue weighted by atomic mass is 10.2. The molecule has 0 fully saturated rings. The number of nitrogens with one attached hydrogen (secondary N) is 1. The third-order valence-electron chi connectivity index (χ3n) is 2.34. The minimum atomic E-state index is -0.672. The van der Waals surface area contributed by atoms with Crippen molar-refractivity contribution in [3.63, 3.8) is 0 Å². The zero-order valence-corrected chi connectivity index (χ0v) is 10.3. The summed E-state index contributed by atoms with van der Waals surface area (Å²) in [5.74, 6) is -1.15. The first-order valence-electron chi connectivity index (χ1n) is 5.09. The number of halogens is 2. The van der Waals surface area contributed by atoms with Crippen molar-refractivity contribution in [2.45, 2.75) is 19.4 Å². The number of benzene rings is 1. The molecule has 0 aliphatic rings. The third-order valence-corrected chi connectivity index (χ3v) is 2.63. The molecule has 4 nitrogen and oxygen atoms in total. The summed E-state index contributed by atoms with van der Waals surface area (Å²) in [6.45, 7) is 1.77. The minimum absolute atomic E-state index is 0.0229. The van der Waals surface area contributed by atoms with E-state index < -0.39 is 17.8 Å². The molecule has 1 aromatic carbocycles. The summed E-state index contributed by atoms with van der Waals surface area (Å²) in [5, 5.41) is 2.64. The second-order valence-electron chi connectivity index (χ2n) is 3.45. The van der Waals surface area contributed by atoms with E-state index in [1.165, 1.54) is 19.2 Å². The number of ether oxygens (including phenoxy) is 1. The first-order valence-corrected chi connectivity index (χ1v) is 5.46. The van der Waals surface area contributed by atoms with Crippen LogP contribution in [0.3, 0.4) is 0 Å². The molecule has 0 aromatic heterocycles. The lowest BCUT2D eigenvalue weighted by Crippen LogP contribution is -2.30. The second kappa shape index (κ2) is 5.72. The van der Waals surface area contributed by atoms with Crippen LogP contribution < -0.4 is 11.1 Å². The van der Waals surface area contributed by atoms with Gasteiger partial charge in [0.05, 0.1) is 23.5 Å². The van der Waals surface area contributed by atoms with Gasteiger partial charge in [-0.15, -0.1) is 0 Å². The number of methoxy groups -OCH3 is 1. The smallest absolute Gasteiger partial charge is 0.328 e. The third kappa shape index (κ3) is 3.00. The molecule has 1 rings (SSSR count). The molecule has 3 N–H and O–H groups in total. The van der Waals surface area contributed by atoms with Crippen LogP contribution in [0.25, 0.3) is 0 Å². The van der Waals surface area contributed by atoms with Crippen molar-refractivity contribution in [2.24, 2.45) is 0 Å². The average Bonchev–Trinajstić information content (AvgIpc) is 2.33. The quantitative estimate of drug-likeness (QED) is 0.645. The van der Waals surface area contributed by atoms with Gasteiger partial charge in [0.1, 0.15) is 6.04 Å². The van der Waals surface area contributed by atoms with Crippen LogP contribution >= 0.6 is 11.6 Å². The van der Waals surface area contributed by atoms with E-state index >= 15 is 0 Å². The van der Waals surface area contributed by atoms with Crippen molar-refractivity contribution in [3.8, 4) is 0 Å². The molecule has 6 heteroatoms. The zero-order chi connectivity index (χ0) is 13.0. The fraction of sp³-hybridized carbons (Fsp3) is 0.364. The van der Waals surface area contributed by atoms with Crippen molar-refractivity contribution in [1.82, 2.24) is 0 Å². The standard InChI is InChI=1S/C11H14ClFN2O2/c1-3-8(11(16)17-2)15-10-7(14)5-4-6(12)9(10)13/h4-5,8,15H,3,14H2,1-2H3. The number of carbonyl (C=O) groups excluding carboxylic acids is 1. The summed E-state index contributed by atoms with van der Waals surface area (Å²) in [5.41, 5.74) is 5.83. The van der Waals surface area contributed by atoms with Gasteiger partial charge in [-0.25, -0.2) is 9.18 Å². The van der Waals surface area contributed by atoms with Crippen molar-refractivity contribution in [2.75, 3.05) is 18.2 Å². The molecular weight excluding hydrogens is 247 g/mol. The molecule has 0 radical (unpaired) electrons. The van der Waals surface area contributed by atoms with Crippen LogP contribution in [-0.2, 0) is 9.53 Å². The van der Waals surface area contributed by atoms with E-state index in [0.717, 1.165) is 0 Å². The Hall–Kier alpha value is -1.49. The Kier molecular flexibility index (Phi) is 4.57. The zero-order valence-electron chi connectivity index (χ0n) is 9.59. The van der Waals surface area contributed by atoms with E-state index in [-0.39, 0.29) is 16.4 Å². The van der Waals surface area contributed by atoms with E-state index in [0.29, 0.717) is 6.42 Å². The lowest BCUT2D eigenvalue weighted by molar-refractivity contribution is -0.141. The van der Waals surface area contributed by atoms with Crippen LogP contribution in [0.1, 0.15) is 13.3 Å². The maximum atomic E-state index is 13.7. The van der Waals surface area contributed by atoms with E-state index in [1.54, 1.807) is 6.92 Å². The molecule has 17 heavy (non-hydrogen) atoms. The van der Waals surface area contributed by atoms with Crippen LogP contribution in [0.4, 0.5) is 15.8 Å². The van der Waals surface area contributed by atoms with E-state index in [4.69, 9.17) is 17.3 Å². The average molecular weight is 261 g/mol. The van der Waals surface area contributed by atoms with Gasteiger partial charge in [-0.05, 0) is 18.6 Å². The number of hydrogen-bond donors (Lipinski definition) is 2. The Labute approximate surface area is 104 Å². The summed E-state index contributed by atoms with van der Waals surface area (Å²) in [7, 11) is 1.27. The van der Waals surface area contributed by atoms with Gasteiger partial charge in [-0.1, -0.05) is 18.5 Å². The number of esters is 1. The summed E-state index contributed by atoms with van der Waals surface area (Å²) < 4.78 is 18.3. The van der Waals surface area contributed by atoms with Gasteiger partial charge < -0.3 is 15.8 Å². The fourth-order valence-corrected chi connectivity index (χ4v) is 1.51. The highest BCUT2D eigenvalue weighted by atomic mass is 35.5. The second-order valence-corrected chi connectivity index (χ2v) is 3.86. The Morgan fingerprint density at radius 2 is 2.29 bits per heavy atom. The predicted octanol–water partition coefficient (Wildman–Crippen LogP) is 2.42. The SMILES string of the molecule is CCC(Nc1c(N)ccc(Cl)c1F)C(=O)OC. The number of hydrogen-bond acceptors (Lipinski definition) is 4. The number of nitrogen functional groups attached to an aromatic ring is 1. The molecule has 0 saturated carbocycles. The Balaban J connectivity index is 3.01. The highest BCUT2D eigenvalue weighted by Crippen LogP contribution is 2.29. The van der Waals surface area contributed by atoms with Crippen LogP contribution in [0, 0.1) is 5.82 Å². The highest BCUT2D eigenvalue weighted by Gasteiger charge is 2.20. The molecule has 0 amide bonds. The topological polar surface area (TPSA) is 64.3 Å². The number of carbonyl (C=O) groups is 1. The van der Waals surface area contributed by atoms with Crippen molar-refractivity contribution < 1.29 is 13.9 Å². The number of anilines is 2. The number of nitrogens with two attached hydrogens (primary N) is 1. The summed E-state index contributed by atoms with van der Waals surface area (Å²) >= 11 is 5.64. The molecule has 0 heterocycles.